The maximum absolute atomic E-state index is 4.52. The van der Waals surface area contributed by atoms with E-state index >= 15 is 0 Å². The molecule has 1 aliphatic rings. The van der Waals surface area contributed by atoms with Crippen LogP contribution in [0.5, 0.6) is 0 Å². The lowest BCUT2D eigenvalue weighted by molar-refractivity contribution is 0.294. The highest BCUT2D eigenvalue weighted by molar-refractivity contribution is 5.41. The summed E-state index contributed by atoms with van der Waals surface area (Å²) in [6.45, 7) is 10.0. The SMILES string of the molecule is CCCNc1cncc(NCC(C)CN2CCCC2)n1. The van der Waals surface area contributed by atoms with Crippen molar-refractivity contribution in [1.29, 1.82) is 0 Å². The first-order chi connectivity index (χ1) is 9.78. The van der Waals surface area contributed by atoms with E-state index < -0.39 is 0 Å². The van der Waals surface area contributed by atoms with E-state index in [4.69, 9.17) is 0 Å². The lowest BCUT2D eigenvalue weighted by Crippen LogP contribution is -2.29. The molecule has 1 aromatic rings. The Morgan fingerprint density at radius 1 is 1.20 bits per heavy atom. The lowest BCUT2D eigenvalue weighted by Gasteiger charge is -2.20. The molecule has 1 aromatic heterocycles. The second-order valence-electron chi connectivity index (χ2n) is 5.71. The number of hydrogen-bond acceptors (Lipinski definition) is 5. The zero-order valence-electron chi connectivity index (χ0n) is 12.7. The van der Waals surface area contributed by atoms with Gasteiger partial charge in [0.1, 0.15) is 11.6 Å². The Morgan fingerprint density at radius 3 is 2.60 bits per heavy atom. The monoisotopic (exact) mass is 277 g/mol. The molecule has 0 bridgehead atoms. The smallest absolute Gasteiger partial charge is 0.146 e. The van der Waals surface area contributed by atoms with Gasteiger partial charge in [-0.05, 0) is 38.3 Å². The highest BCUT2D eigenvalue weighted by Crippen LogP contribution is 2.11. The van der Waals surface area contributed by atoms with Crippen molar-refractivity contribution in [2.45, 2.75) is 33.1 Å². The Labute approximate surface area is 122 Å². The van der Waals surface area contributed by atoms with Crippen LogP contribution in [0, 0.1) is 5.92 Å². The molecule has 0 amide bonds. The van der Waals surface area contributed by atoms with Crippen LogP contribution in [0.4, 0.5) is 11.6 Å². The molecule has 2 rings (SSSR count). The van der Waals surface area contributed by atoms with Crippen molar-refractivity contribution in [3.8, 4) is 0 Å². The van der Waals surface area contributed by atoms with Gasteiger partial charge in [0.15, 0.2) is 0 Å². The molecule has 2 N–H and O–H groups in total. The fraction of sp³-hybridized carbons (Fsp3) is 0.733. The summed E-state index contributed by atoms with van der Waals surface area (Å²) < 4.78 is 0. The Morgan fingerprint density at radius 2 is 1.90 bits per heavy atom. The molecule has 1 saturated heterocycles. The zero-order chi connectivity index (χ0) is 14.2. The van der Waals surface area contributed by atoms with Gasteiger partial charge in [0.25, 0.3) is 0 Å². The number of anilines is 2. The first-order valence-corrected chi connectivity index (χ1v) is 7.80. The number of hydrogen-bond donors (Lipinski definition) is 2. The molecule has 0 aromatic carbocycles. The Bertz CT molecular complexity index is 390. The van der Waals surface area contributed by atoms with Gasteiger partial charge >= 0.3 is 0 Å². The average molecular weight is 277 g/mol. The summed E-state index contributed by atoms with van der Waals surface area (Å²) in [6.07, 6.45) is 7.37. The summed E-state index contributed by atoms with van der Waals surface area (Å²) in [5.41, 5.74) is 0. The summed E-state index contributed by atoms with van der Waals surface area (Å²) in [7, 11) is 0. The van der Waals surface area contributed by atoms with Crippen molar-refractivity contribution in [2.75, 3.05) is 43.4 Å². The van der Waals surface area contributed by atoms with E-state index in [-0.39, 0.29) is 0 Å². The van der Waals surface area contributed by atoms with E-state index in [9.17, 15) is 0 Å². The van der Waals surface area contributed by atoms with Gasteiger partial charge in [0.2, 0.25) is 0 Å². The standard InChI is InChI=1S/C15H27N5/c1-3-6-17-14-10-16-11-15(19-14)18-9-13(2)12-20-7-4-5-8-20/h10-11,13H,3-9,12H2,1-2H3,(H2,17,18,19). The molecule has 5 heteroatoms. The normalized spacial score (nSPS) is 17.1. The van der Waals surface area contributed by atoms with Crippen LogP contribution in [0.15, 0.2) is 12.4 Å². The van der Waals surface area contributed by atoms with E-state index in [1.807, 2.05) is 0 Å². The molecule has 2 heterocycles. The van der Waals surface area contributed by atoms with Crippen molar-refractivity contribution in [3.63, 3.8) is 0 Å². The van der Waals surface area contributed by atoms with Gasteiger partial charge in [-0.25, -0.2) is 4.98 Å². The van der Waals surface area contributed by atoms with Crippen molar-refractivity contribution < 1.29 is 0 Å². The van der Waals surface area contributed by atoms with Crippen molar-refractivity contribution in [3.05, 3.63) is 12.4 Å². The summed E-state index contributed by atoms with van der Waals surface area (Å²) in [5, 5.41) is 6.65. The van der Waals surface area contributed by atoms with E-state index in [0.717, 1.165) is 31.1 Å². The zero-order valence-corrected chi connectivity index (χ0v) is 12.7. The molecule has 112 valence electrons. The first kappa shape index (κ1) is 15.0. The average Bonchev–Trinajstić information content (AvgIpc) is 2.96. The van der Waals surface area contributed by atoms with Gasteiger partial charge in [-0.1, -0.05) is 13.8 Å². The Kier molecular flexibility index (Phi) is 6.05. The van der Waals surface area contributed by atoms with Crippen molar-refractivity contribution in [2.24, 2.45) is 5.92 Å². The molecule has 1 atom stereocenters. The third-order valence-corrected chi connectivity index (χ3v) is 3.59. The van der Waals surface area contributed by atoms with Crippen LogP contribution in [-0.4, -0.2) is 47.6 Å². The van der Waals surface area contributed by atoms with E-state index in [2.05, 4.69) is 39.3 Å². The number of rotatable bonds is 8. The van der Waals surface area contributed by atoms with E-state index in [0.29, 0.717) is 5.92 Å². The Balaban J connectivity index is 1.74. The van der Waals surface area contributed by atoms with Gasteiger partial charge in [0, 0.05) is 19.6 Å². The van der Waals surface area contributed by atoms with E-state index in [1.165, 1.54) is 32.5 Å². The quantitative estimate of drug-likeness (QED) is 0.764. The molecular formula is C15H27N5. The third kappa shape index (κ3) is 4.96. The predicted molar refractivity (Wildman–Crippen MR) is 84.1 cm³/mol. The van der Waals surface area contributed by atoms with Gasteiger partial charge in [0.05, 0.1) is 12.4 Å². The molecule has 5 nitrogen and oxygen atoms in total. The minimum atomic E-state index is 0.627. The van der Waals surface area contributed by atoms with Gasteiger partial charge in [-0.15, -0.1) is 0 Å². The minimum Gasteiger partial charge on any atom is -0.369 e. The van der Waals surface area contributed by atoms with E-state index in [1.54, 1.807) is 12.4 Å². The topological polar surface area (TPSA) is 53.1 Å². The fourth-order valence-electron chi connectivity index (χ4n) is 2.54. The molecule has 0 radical (unpaired) electrons. The van der Waals surface area contributed by atoms with Crippen molar-refractivity contribution >= 4 is 11.6 Å². The molecule has 0 spiro atoms. The van der Waals surface area contributed by atoms with Crippen LogP contribution in [0.3, 0.4) is 0 Å². The predicted octanol–water partition coefficient (Wildman–Crippen LogP) is 2.44. The molecule has 1 aliphatic heterocycles. The number of aromatic nitrogens is 2. The van der Waals surface area contributed by atoms with Crippen molar-refractivity contribution in [1.82, 2.24) is 14.9 Å². The van der Waals surface area contributed by atoms with Crippen LogP contribution >= 0.6 is 0 Å². The molecule has 1 unspecified atom stereocenters. The molecule has 0 saturated carbocycles. The van der Waals surface area contributed by atoms with Crippen LogP contribution in [0.1, 0.15) is 33.1 Å². The second-order valence-corrected chi connectivity index (χ2v) is 5.71. The van der Waals surface area contributed by atoms with Gasteiger partial charge in [-0.2, -0.15) is 0 Å². The number of nitrogens with one attached hydrogen (secondary N) is 2. The first-order valence-electron chi connectivity index (χ1n) is 7.80. The van der Waals surface area contributed by atoms with Crippen LogP contribution in [0.25, 0.3) is 0 Å². The fourth-order valence-corrected chi connectivity index (χ4v) is 2.54. The molecular weight excluding hydrogens is 250 g/mol. The third-order valence-electron chi connectivity index (χ3n) is 3.59. The summed E-state index contributed by atoms with van der Waals surface area (Å²) in [5.74, 6) is 2.34. The van der Waals surface area contributed by atoms with Crippen LogP contribution in [-0.2, 0) is 0 Å². The number of nitrogens with zero attached hydrogens (tertiary/aromatic N) is 3. The summed E-state index contributed by atoms with van der Waals surface area (Å²) >= 11 is 0. The molecule has 20 heavy (non-hydrogen) atoms. The summed E-state index contributed by atoms with van der Waals surface area (Å²) in [6, 6.07) is 0. The van der Waals surface area contributed by atoms with Crippen LogP contribution in [0.2, 0.25) is 0 Å². The maximum atomic E-state index is 4.52. The largest absolute Gasteiger partial charge is 0.369 e. The maximum Gasteiger partial charge on any atom is 0.146 e. The lowest BCUT2D eigenvalue weighted by atomic mass is 10.1. The molecule has 0 aliphatic carbocycles. The van der Waals surface area contributed by atoms with Gasteiger partial charge < -0.3 is 15.5 Å². The highest BCUT2D eigenvalue weighted by atomic mass is 15.1. The van der Waals surface area contributed by atoms with Gasteiger partial charge in [-0.3, -0.25) is 4.98 Å². The minimum absolute atomic E-state index is 0.627. The second kappa shape index (κ2) is 8.04. The summed E-state index contributed by atoms with van der Waals surface area (Å²) in [4.78, 5) is 11.3. The highest BCUT2D eigenvalue weighted by Gasteiger charge is 2.14. The molecule has 1 fully saturated rings. The number of likely N-dealkylation sites (tertiary alicyclic amines) is 1. The van der Waals surface area contributed by atoms with Crippen LogP contribution < -0.4 is 10.6 Å². The Hall–Kier alpha value is -1.36.